The Morgan fingerprint density at radius 3 is 2.85 bits per heavy atom. The minimum atomic E-state index is -1.01. The SMILES string of the molecule is O=C(O)Cn1cc(CNC(=O)NCc2cnc[nH]2)nn1. The monoisotopic (exact) mass is 279 g/mol. The summed E-state index contributed by atoms with van der Waals surface area (Å²) in [5.74, 6) is -1.01. The van der Waals surface area contributed by atoms with Gasteiger partial charge in [0.1, 0.15) is 12.2 Å². The van der Waals surface area contributed by atoms with E-state index in [0.717, 1.165) is 5.69 Å². The fourth-order valence-electron chi connectivity index (χ4n) is 1.43. The lowest BCUT2D eigenvalue weighted by molar-refractivity contribution is -0.137. The highest BCUT2D eigenvalue weighted by Crippen LogP contribution is 1.93. The fraction of sp³-hybridized carbons (Fsp3) is 0.300. The van der Waals surface area contributed by atoms with Crippen LogP contribution in [0.1, 0.15) is 11.4 Å². The van der Waals surface area contributed by atoms with E-state index >= 15 is 0 Å². The lowest BCUT2D eigenvalue weighted by Gasteiger charge is -2.04. The highest BCUT2D eigenvalue weighted by Gasteiger charge is 2.06. The third kappa shape index (κ3) is 4.08. The quantitative estimate of drug-likeness (QED) is 0.540. The number of H-pyrrole nitrogens is 1. The molecule has 10 heteroatoms. The molecule has 0 saturated carbocycles. The summed E-state index contributed by atoms with van der Waals surface area (Å²) in [7, 11) is 0. The lowest BCUT2D eigenvalue weighted by atomic mass is 10.4. The number of aliphatic carboxylic acids is 1. The summed E-state index contributed by atoms with van der Waals surface area (Å²) < 4.78 is 1.18. The van der Waals surface area contributed by atoms with Crippen LogP contribution in [0.2, 0.25) is 0 Å². The van der Waals surface area contributed by atoms with Gasteiger partial charge in [0.2, 0.25) is 0 Å². The molecular formula is C10H13N7O3. The zero-order valence-electron chi connectivity index (χ0n) is 10.4. The zero-order valence-corrected chi connectivity index (χ0v) is 10.4. The van der Waals surface area contributed by atoms with Gasteiger partial charge in [-0.25, -0.2) is 14.5 Å². The Kier molecular flexibility index (Phi) is 4.27. The van der Waals surface area contributed by atoms with Crippen molar-refractivity contribution in [2.75, 3.05) is 0 Å². The number of hydrogen-bond acceptors (Lipinski definition) is 5. The number of rotatable bonds is 6. The number of imidazole rings is 1. The molecule has 2 rings (SSSR count). The number of amides is 2. The fourth-order valence-corrected chi connectivity index (χ4v) is 1.43. The number of nitrogens with one attached hydrogen (secondary N) is 3. The van der Waals surface area contributed by atoms with E-state index in [-0.39, 0.29) is 19.1 Å². The van der Waals surface area contributed by atoms with Crippen molar-refractivity contribution in [3.8, 4) is 0 Å². The number of carbonyl (C=O) groups is 2. The molecule has 0 unspecified atom stereocenters. The Labute approximate surface area is 113 Å². The van der Waals surface area contributed by atoms with Gasteiger partial charge in [-0.15, -0.1) is 5.10 Å². The Balaban J connectivity index is 1.72. The molecule has 0 fully saturated rings. The second kappa shape index (κ2) is 6.31. The van der Waals surface area contributed by atoms with Gasteiger partial charge >= 0.3 is 12.0 Å². The van der Waals surface area contributed by atoms with Gasteiger partial charge in [-0.2, -0.15) is 0 Å². The van der Waals surface area contributed by atoms with Gasteiger partial charge in [0.15, 0.2) is 0 Å². The highest BCUT2D eigenvalue weighted by atomic mass is 16.4. The van der Waals surface area contributed by atoms with Gasteiger partial charge in [0.05, 0.1) is 31.3 Å². The van der Waals surface area contributed by atoms with Gasteiger partial charge in [-0.3, -0.25) is 4.79 Å². The van der Waals surface area contributed by atoms with Crippen LogP contribution in [0.4, 0.5) is 4.79 Å². The zero-order chi connectivity index (χ0) is 14.4. The topological polar surface area (TPSA) is 138 Å². The van der Waals surface area contributed by atoms with Crippen LogP contribution in [0.25, 0.3) is 0 Å². The molecule has 0 radical (unpaired) electrons. The molecule has 0 aliphatic heterocycles. The van der Waals surface area contributed by atoms with Crippen molar-refractivity contribution in [2.45, 2.75) is 19.6 Å². The Hall–Kier alpha value is -2.91. The number of aromatic amines is 1. The summed E-state index contributed by atoms with van der Waals surface area (Å²) in [6.07, 6.45) is 4.59. The molecule has 2 aromatic rings. The first-order valence-electron chi connectivity index (χ1n) is 5.73. The Morgan fingerprint density at radius 2 is 2.15 bits per heavy atom. The third-order valence-corrected chi connectivity index (χ3v) is 2.31. The lowest BCUT2D eigenvalue weighted by Crippen LogP contribution is -2.34. The normalized spacial score (nSPS) is 10.2. The molecule has 0 aromatic carbocycles. The first kappa shape index (κ1) is 13.5. The molecule has 0 spiro atoms. The number of hydrogen-bond donors (Lipinski definition) is 4. The van der Waals surface area contributed by atoms with Crippen LogP contribution < -0.4 is 10.6 Å². The minimum absolute atomic E-state index is 0.161. The average Bonchev–Trinajstić information content (AvgIpc) is 3.04. The summed E-state index contributed by atoms with van der Waals surface area (Å²) in [4.78, 5) is 28.6. The molecular weight excluding hydrogens is 266 g/mol. The van der Waals surface area contributed by atoms with Gasteiger partial charge in [-0.05, 0) is 0 Å². The maximum absolute atomic E-state index is 11.5. The van der Waals surface area contributed by atoms with Crippen molar-refractivity contribution in [1.29, 1.82) is 0 Å². The number of carbonyl (C=O) groups excluding carboxylic acids is 1. The van der Waals surface area contributed by atoms with E-state index in [2.05, 4.69) is 30.9 Å². The van der Waals surface area contributed by atoms with E-state index in [1.165, 1.54) is 17.2 Å². The van der Waals surface area contributed by atoms with E-state index in [4.69, 9.17) is 5.11 Å². The van der Waals surface area contributed by atoms with Crippen molar-refractivity contribution in [3.05, 3.63) is 30.1 Å². The summed E-state index contributed by atoms with van der Waals surface area (Å²) in [6, 6.07) is -0.368. The van der Waals surface area contributed by atoms with Crippen LogP contribution in [-0.2, 0) is 24.4 Å². The number of nitrogens with zero attached hydrogens (tertiary/aromatic N) is 4. The number of carboxylic acids is 1. The maximum atomic E-state index is 11.5. The molecule has 20 heavy (non-hydrogen) atoms. The second-order valence-corrected chi connectivity index (χ2v) is 3.91. The average molecular weight is 279 g/mol. The van der Waals surface area contributed by atoms with Crippen molar-refractivity contribution in [3.63, 3.8) is 0 Å². The standard InChI is InChI=1S/C10H13N7O3/c18-9(19)5-17-4-8(15-16-17)3-13-10(20)12-2-7-1-11-6-14-7/h1,4,6H,2-3,5H2,(H,11,14)(H,18,19)(H2,12,13,20). The van der Waals surface area contributed by atoms with Gasteiger partial charge < -0.3 is 20.7 Å². The Bertz CT molecular complexity index is 577. The molecule has 2 heterocycles. The predicted molar refractivity (Wildman–Crippen MR) is 65.3 cm³/mol. The van der Waals surface area contributed by atoms with Crippen LogP contribution in [0.5, 0.6) is 0 Å². The van der Waals surface area contributed by atoms with E-state index in [1.54, 1.807) is 6.20 Å². The first-order chi connectivity index (χ1) is 9.63. The molecule has 0 bridgehead atoms. The maximum Gasteiger partial charge on any atom is 0.325 e. The molecule has 106 valence electrons. The van der Waals surface area contributed by atoms with Crippen LogP contribution in [-0.4, -0.2) is 42.1 Å². The molecule has 0 aliphatic rings. The summed E-state index contributed by atoms with van der Waals surface area (Å²) in [5, 5.41) is 21.1. The molecule has 2 amide bonds. The Morgan fingerprint density at radius 1 is 1.35 bits per heavy atom. The molecule has 10 nitrogen and oxygen atoms in total. The van der Waals surface area contributed by atoms with Crippen LogP contribution in [0.15, 0.2) is 18.7 Å². The van der Waals surface area contributed by atoms with E-state index in [1.807, 2.05) is 0 Å². The number of carboxylic acid groups (broad SMARTS) is 1. The van der Waals surface area contributed by atoms with Crippen molar-refractivity contribution in [2.24, 2.45) is 0 Å². The molecule has 4 N–H and O–H groups in total. The number of urea groups is 1. The summed E-state index contributed by atoms with van der Waals surface area (Å²) in [5.41, 5.74) is 1.26. The van der Waals surface area contributed by atoms with E-state index in [0.29, 0.717) is 12.2 Å². The van der Waals surface area contributed by atoms with Crippen molar-refractivity contribution < 1.29 is 14.7 Å². The molecule has 0 atom stereocenters. The number of aromatic nitrogens is 5. The summed E-state index contributed by atoms with van der Waals surface area (Å²) >= 11 is 0. The second-order valence-electron chi connectivity index (χ2n) is 3.91. The molecule has 0 aliphatic carbocycles. The highest BCUT2D eigenvalue weighted by molar-refractivity contribution is 5.73. The van der Waals surface area contributed by atoms with E-state index < -0.39 is 5.97 Å². The van der Waals surface area contributed by atoms with Gasteiger partial charge in [-0.1, -0.05) is 5.21 Å². The van der Waals surface area contributed by atoms with Crippen LogP contribution in [0.3, 0.4) is 0 Å². The van der Waals surface area contributed by atoms with Crippen molar-refractivity contribution >= 4 is 12.0 Å². The largest absolute Gasteiger partial charge is 0.480 e. The van der Waals surface area contributed by atoms with Crippen LogP contribution in [0, 0.1) is 0 Å². The predicted octanol–water partition coefficient (Wildman–Crippen LogP) is -0.915. The van der Waals surface area contributed by atoms with Gasteiger partial charge in [0, 0.05) is 6.20 Å². The van der Waals surface area contributed by atoms with Gasteiger partial charge in [0.25, 0.3) is 0 Å². The minimum Gasteiger partial charge on any atom is -0.480 e. The third-order valence-electron chi connectivity index (χ3n) is 2.31. The van der Waals surface area contributed by atoms with Crippen molar-refractivity contribution in [1.82, 2.24) is 35.6 Å². The molecule has 0 saturated heterocycles. The first-order valence-corrected chi connectivity index (χ1v) is 5.73. The summed E-state index contributed by atoms with van der Waals surface area (Å²) in [6.45, 7) is 0.227. The van der Waals surface area contributed by atoms with E-state index in [9.17, 15) is 9.59 Å². The molecule has 2 aromatic heterocycles. The smallest absolute Gasteiger partial charge is 0.325 e. The van der Waals surface area contributed by atoms with Crippen LogP contribution >= 0.6 is 0 Å².